The van der Waals surface area contributed by atoms with Crippen molar-refractivity contribution in [2.75, 3.05) is 13.1 Å². The molecule has 2 aromatic carbocycles. The first-order chi connectivity index (χ1) is 11.4. The number of hydrogen-bond acceptors (Lipinski definition) is 4. The van der Waals surface area contributed by atoms with E-state index in [2.05, 4.69) is 0 Å². The molecule has 24 heavy (non-hydrogen) atoms. The molecule has 1 fully saturated rings. The Hall–Kier alpha value is -2.36. The molecule has 1 amide bonds. The fourth-order valence-corrected chi connectivity index (χ4v) is 4.27. The quantitative estimate of drug-likeness (QED) is 0.842. The van der Waals surface area contributed by atoms with E-state index in [0.29, 0.717) is 16.1 Å². The van der Waals surface area contributed by atoms with Gasteiger partial charge in [0.15, 0.2) is 9.84 Å². The fraction of sp³-hybridized carbons (Fsp3) is 0.176. The number of carbonyl (C=O) groups excluding carboxylic acids is 1. The highest BCUT2D eigenvalue weighted by Crippen LogP contribution is 2.26. The third kappa shape index (κ3) is 3.01. The molecule has 0 atom stereocenters. The van der Waals surface area contributed by atoms with E-state index in [1.54, 1.807) is 24.3 Å². The van der Waals surface area contributed by atoms with Crippen LogP contribution in [0.2, 0.25) is 5.02 Å². The van der Waals surface area contributed by atoms with Crippen molar-refractivity contribution in [1.29, 1.82) is 5.26 Å². The molecule has 0 N–H and O–H groups in total. The van der Waals surface area contributed by atoms with E-state index >= 15 is 0 Å². The smallest absolute Gasteiger partial charge is 0.253 e. The minimum atomic E-state index is -3.47. The largest absolute Gasteiger partial charge is 0.336 e. The zero-order chi connectivity index (χ0) is 17.3. The Balaban J connectivity index is 1.69. The third-order valence-electron chi connectivity index (χ3n) is 3.98. The molecule has 0 unspecified atom stereocenters. The van der Waals surface area contributed by atoms with Crippen LogP contribution in [0, 0.1) is 11.3 Å². The molecule has 1 heterocycles. The SMILES string of the molecule is N#Cc1ccc(C(=O)N2CC(S(=O)(=O)c3ccc(Cl)cc3)C2)cc1. The van der Waals surface area contributed by atoms with Crippen molar-refractivity contribution in [2.45, 2.75) is 10.1 Å². The Bertz CT molecular complexity index is 910. The first kappa shape index (κ1) is 16.5. The lowest BCUT2D eigenvalue weighted by atomic mass is 10.1. The van der Waals surface area contributed by atoms with Crippen molar-refractivity contribution in [3.63, 3.8) is 0 Å². The maximum Gasteiger partial charge on any atom is 0.253 e. The second kappa shape index (κ2) is 6.27. The Labute approximate surface area is 145 Å². The van der Waals surface area contributed by atoms with E-state index in [0.717, 1.165) is 0 Å². The first-order valence-electron chi connectivity index (χ1n) is 7.21. The van der Waals surface area contributed by atoms with Gasteiger partial charge in [0.2, 0.25) is 0 Å². The van der Waals surface area contributed by atoms with Crippen LogP contribution in [-0.4, -0.2) is 37.6 Å². The number of carbonyl (C=O) groups is 1. The first-order valence-corrected chi connectivity index (χ1v) is 9.13. The number of nitrogens with zero attached hydrogens (tertiary/aromatic N) is 2. The maximum atomic E-state index is 12.5. The zero-order valence-electron chi connectivity index (χ0n) is 12.5. The highest BCUT2D eigenvalue weighted by atomic mass is 35.5. The average Bonchev–Trinajstić information content (AvgIpc) is 2.53. The summed E-state index contributed by atoms with van der Waals surface area (Å²) in [6.45, 7) is 0.313. The molecule has 0 bridgehead atoms. The summed E-state index contributed by atoms with van der Waals surface area (Å²) in [7, 11) is -3.47. The zero-order valence-corrected chi connectivity index (χ0v) is 14.1. The molecule has 5 nitrogen and oxygen atoms in total. The number of rotatable bonds is 3. The Morgan fingerprint density at radius 1 is 1.08 bits per heavy atom. The number of hydrogen-bond donors (Lipinski definition) is 0. The number of nitriles is 1. The van der Waals surface area contributed by atoms with Gasteiger partial charge >= 0.3 is 0 Å². The van der Waals surface area contributed by atoms with Crippen molar-refractivity contribution < 1.29 is 13.2 Å². The number of sulfone groups is 1. The number of likely N-dealkylation sites (tertiary alicyclic amines) is 1. The van der Waals surface area contributed by atoms with E-state index < -0.39 is 15.1 Å². The summed E-state index contributed by atoms with van der Waals surface area (Å²) in [4.78, 5) is 14.0. The van der Waals surface area contributed by atoms with Crippen LogP contribution in [0.4, 0.5) is 0 Å². The van der Waals surface area contributed by atoms with E-state index in [1.807, 2.05) is 6.07 Å². The summed E-state index contributed by atoms with van der Waals surface area (Å²) >= 11 is 5.78. The molecular formula is C17H13ClN2O3S. The van der Waals surface area contributed by atoms with Gasteiger partial charge in [-0.05, 0) is 48.5 Å². The molecule has 1 aliphatic rings. The summed E-state index contributed by atoms with van der Waals surface area (Å²) in [6.07, 6.45) is 0. The van der Waals surface area contributed by atoms with Gasteiger partial charge < -0.3 is 4.90 Å². The van der Waals surface area contributed by atoms with Crippen LogP contribution >= 0.6 is 11.6 Å². The molecule has 1 saturated heterocycles. The molecule has 0 saturated carbocycles. The molecule has 2 aromatic rings. The van der Waals surface area contributed by atoms with Gasteiger partial charge in [0, 0.05) is 23.7 Å². The van der Waals surface area contributed by atoms with Crippen LogP contribution in [-0.2, 0) is 9.84 Å². The van der Waals surface area contributed by atoms with Crippen LogP contribution in [0.25, 0.3) is 0 Å². The van der Waals surface area contributed by atoms with Crippen LogP contribution in [0.5, 0.6) is 0 Å². The van der Waals surface area contributed by atoms with Crippen molar-refractivity contribution in [2.24, 2.45) is 0 Å². The second-order valence-corrected chi connectivity index (χ2v) is 8.18. The standard InChI is InChI=1S/C17H13ClN2O3S/c18-14-5-7-15(8-6-14)24(22,23)16-10-20(11-16)17(21)13-3-1-12(9-19)2-4-13/h1-8,16H,10-11H2. The minimum Gasteiger partial charge on any atom is -0.336 e. The molecular weight excluding hydrogens is 348 g/mol. The van der Waals surface area contributed by atoms with Crippen LogP contribution in [0.1, 0.15) is 15.9 Å². The van der Waals surface area contributed by atoms with E-state index in [-0.39, 0.29) is 23.9 Å². The van der Waals surface area contributed by atoms with E-state index in [9.17, 15) is 13.2 Å². The molecule has 7 heteroatoms. The number of benzene rings is 2. The highest BCUT2D eigenvalue weighted by Gasteiger charge is 2.40. The molecule has 0 aliphatic carbocycles. The monoisotopic (exact) mass is 360 g/mol. The average molecular weight is 361 g/mol. The lowest BCUT2D eigenvalue weighted by Crippen LogP contribution is -2.56. The minimum absolute atomic E-state index is 0.157. The molecule has 0 spiro atoms. The number of amides is 1. The summed E-state index contributed by atoms with van der Waals surface area (Å²) in [5.41, 5.74) is 0.912. The predicted molar refractivity (Wildman–Crippen MR) is 89.5 cm³/mol. The van der Waals surface area contributed by atoms with Gasteiger partial charge in [-0.25, -0.2) is 8.42 Å². The predicted octanol–water partition coefficient (Wildman–Crippen LogP) is 2.51. The fourth-order valence-electron chi connectivity index (χ4n) is 2.49. The van der Waals surface area contributed by atoms with E-state index in [1.165, 1.54) is 29.2 Å². The molecule has 0 aromatic heterocycles. The van der Waals surface area contributed by atoms with Gasteiger partial charge in [-0.2, -0.15) is 5.26 Å². The van der Waals surface area contributed by atoms with E-state index in [4.69, 9.17) is 16.9 Å². The Morgan fingerprint density at radius 2 is 1.67 bits per heavy atom. The Morgan fingerprint density at radius 3 is 2.21 bits per heavy atom. The lowest BCUT2D eigenvalue weighted by molar-refractivity contribution is 0.0659. The summed E-state index contributed by atoms with van der Waals surface area (Å²) in [5, 5.41) is 8.63. The van der Waals surface area contributed by atoms with Gasteiger partial charge in [-0.15, -0.1) is 0 Å². The van der Waals surface area contributed by atoms with Crippen molar-refractivity contribution in [1.82, 2.24) is 4.90 Å². The molecule has 1 aliphatic heterocycles. The van der Waals surface area contributed by atoms with Crippen molar-refractivity contribution >= 4 is 27.3 Å². The highest BCUT2D eigenvalue weighted by molar-refractivity contribution is 7.92. The maximum absolute atomic E-state index is 12.5. The van der Waals surface area contributed by atoms with Gasteiger partial charge in [0.05, 0.1) is 16.5 Å². The molecule has 122 valence electrons. The van der Waals surface area contributed by atoms with Gasteiger partial charge in [-0.1, -0.05) is 11.6 Å². The van der Waals surface area contributed by atoms with Crippen LogP contribution in [0.3, 0.4) is 0 Å². The van der Waals surface area contributed by atoms with Gasteiger partial charge in [0.25, 0.3) is 5.91 Å². The normalized spacial score (nSPS) is 14.8. The van der Waals surface area contributed by atoms with Crippen molar-refractivity contribution in [3.8, 4) is 6.07 Å². The molecule has 3 rings (SSSR count). The van der Waals surface area contributed by atoms with Crippen molar-refractivity contribution in [3.05, 3.63) is 64.7 Å². The second-order valence-electron chi connectivity index (χ2n) is 5.52. The Kier molecular flexibility index (Phi) is 4.31. The molecule has 0 radical (unpaired) electrons. The van der Waals surface area contributed by atoms with Crippen LogP contribution < -0.4 is 0 Å². The van der Waals surface area contributed by atoms with Gasteiger partial charge in [0.1, 0.15) is 5.25 Å². The number of halogens is 1. The van der Waals surface area contributed by atoms with Crippen LogP contribution in [0.15, 0.2) is 53.4 Å². The topological polar surface area (TPSA) is 78.2 Å². The summed E-state index contributed by atoms with van der Waals surface area (Å²) in [5.74, 6) is -0.234. The third-order valence-corrected chi connectivity index (χ3v) is 6.33. The lowest BCUT2D eigenvalue weighted by Gasteiger charge is -2.38. The summed E-state index contributed by atoms with van der Waals surface area (Å²) in [6, 6.07) is 14.3. The summed E-state index contributed by atoms with van der Waals surface area (Å²) < 4.78 is 25.0. The van der Waals surface area contributed by atoms with Gasteiger partial charge in [-0.3, -0.25) is 4.79 Å².